The van der Waals surface area contributed by atoms with Gasteiger partial charge in [0, 0.05) is 23.2 Å². The van der Waals surface area contributed by atoms with E-state index in [9.17, 15) is 14.4 Å². The predicted molar refractivity (Wildman–Crippen MR) is 185 cm³/mol. The summed E-state index contributed by atoms with van der Waals surface area (Å²) in [6.07, 6.45) is 1.38. The fourth-order valence-corrected chi connectivity index (χ4v) is 5.75. The molecule has 0 bridgehead atoms. The third-order valence-corrected chi connectivity index (χ3v) is 7.92. The van der Waals surface area contributed by atoms with Crippen molar-refractivity contribution >= 4 is 23.4 Å². The van der Waals surface area contributed by atoms with E-state index in [1.165, 1.54) is 19.1 Å². The Kier molecular flexibility index (Phi) is 11.0. The number of hydrogen-bond acceptors (Lipinski definition) is 8. The summed E-state index contributed by atoms with van der Waals surface area (Å²) < 4.78 is 29.6. The van der Waals surface area contributed by atoms with E-state index in [2.05, 4.69) is 0 Å². The molecule has 1 aliphatic rings. The minimum Gasteiger partial charge on any atom is -0.492 e. The lowest BCUT2D eigenvalue weighted by Gasteiger charge is -2.28. The highest BCUT2D eigenvalue weighted by Gasteiger charge is 2.46. The quantitative estimate of drug-likeness (QED) is 0.146. The summed E-state index contributed by atoms with van der Waals surface area (Å²) in [5, 5.41) is 0. The van der Waals surface area contributed by atoms with Gasteiger partial charge in [0.2, 0.25) is 5.75 Å². The first-order chi connectivity index (χ1) is 23.6. The molecular formula is C40H41NO8. The Morgan fingerprint density at radius 2 is 1.29 bits per heavy atom. The van der Waals surface area contributed by atoms with Crippen molar-refractivity contribution in [2.45, 2.75) is 52.0 Å². The van der Waals surface area contributed by atoms with Crippen LogP contribution in [-0.2, 0) is 32.3 Å². The molecule has 0 aromatic heterocycles. The van der Waals surface area contributed by atoms with Crippen LogP contribution in [0, 0.1) is 5.92 Å². The summed E-state index contributed by atoms with van der Waals surface area (Å²) in [5.74, 6) is -1.40. The van der Waals surface area contributed by atoms with E-state index in [1.807, 2.05) is 60.7 Å². The number of rotatable bonds is 12. The van der Waals surface area contributed by atoms with Gasteiger partial charge in [-0.1, -0.05) is 78.9 Å². The van der Waals surface area contributed by atoms with E-state index in [0.717, 1.165) is 11.1 Å². The Hall–Kier alpha value is -5.57. The van der Waals surface area contributed by atoms with Crippen molar-refractivity contribution in [1.82, 2.24) is 4.90 Å². The highest BCUT2D eigenvalue weighted by molar-refractivity contribution is 6.01. The molecule has 0 N–H and O–H groups in total. The highest BCUT2D eigenvalue weighted by atomic mass is 16.6. The Bertz CT molecular complexity index is 1780. The zero-order chi connectivity index (χ0) is 35.0. The van der Waals surface area contributed by atoms with E-state index in [-0.39, 0.29) is 19.6 Å². The first-order valence-corrected chi connectivity index (χ1v) is 16.0. The molecule has 254 valence electrons. The molecule has 2 atom stereocenters. The molecule has 0 saturated heterocycles. The molecule has 4 aromatic carbocycles. The van der Waals surface area contributed by atoms with Crippen LogP contribution >= 0.6 is 0 Å². The SMILES string of the molecule is COC(=O)[C@@H]1[C@@H](CC(=O)OC(C)(C)C)C(c2ccc(OCc3ccccc3)c(OCc3ccccc3)c2OC)=CN1C(=O)c1ccccc1. The van der Waals surface area contributed by atoms with Gasteiger partial charge in [0.25, 0.3) is 5.91 Å². The molecule has 9 nitrogen and oxygen atoms in total. The number of nitrogens with zero attached hydrogens (tertiary/aromatic N) is 1. The maximum absolute atomic E-state index is 14.0. The second kappa shape index (κ2) is 15.6. The van der Waals surface area contributed by atoms with Gasteiger partial charge >= 0.3 is 11.9 Å². The molecule has 0 radical (unpaired) electrons. The van der Waals surface area contributed by atoms with Crippen LogP contribution in [0.1, 0.15) is 54.2 Å². The predicted octanol–water partition coefficient (Wildman–Crippen LogP) is 7.24. The lowest BCUT2D eigenvalue weighted by Crippen LogP contribution is -2.44. The van der Waals surface area contributed by atoms with E-state index in [4.69, 9.17) is 23.7 Å². The van der Waals surface area contributed by atoms with Crippen molar-refractivity contribution in [3.8, 4) is 17.2 Å². The molecule has 0 unspecified atom stereocenters. The largest absolute Gasteiger partial charge is 0.492 e. The Labute approximate surface area is 287 Å². The minimum absolute atomic E-state index is 0.211. The molecule has 0 spiro atoms. The monoisotopic (exact) mass is 663 g/mol. The van der Waals surface area contributed by atoms with Crippen molar-refractivity contribution in [2.75, 3.05) is 14.2 Å². The molecule has 0 saturated carbocycles. The van der Waals surface area contributed by atoms with Crippen LogP contribution < -0.4 is 14.2 Å². The molecule has 9 heteroatoms. The minimum atomic E-state index is -1.16. The first-order valence-electron chi connectivity index (χ1n) is 16.0. The number of amides is 1. The van der Waals surface area contributed by atoms with Crippen molar-refractivity contribution < 1.29 is 38.1 Å². The summed E-state index contributed by atoms with van der Waals surface area (Å²) in [5.41, 5.74) is 2.51. The molecule has 5 rings (SSSR count). The maximum atomic E-state index is 14.0. The smallest absolute Gasteiger partial charge is 0.329 e. The summed E-state index contributed by atoms with van der Waals surface area (Å²) in [7, 11) is 2.77. The van der Waals surface area contributed by atoms with Gasteiger partial charge in [-0.3, -0.25) is 14.5 Å². The summed E-state index contributed by atoms with van der Waals surface area (Å²) in [4.78, 5) is 42.1. The summed E-state index contributed by atoms with van der Waals surface area (Å²) in [6, 6.07) is 30.4. The third kappa shape index (κ3) is 8.48. The average molecular weight is 664 g/mol. The van der Waals surface area contributed by atoms with Gasteiger partial charge in [-0.2, -0.15) is 0 Å². The van der Waals surface area contributed by atoms with Gasteiger partial charge in [-0.25, -0.2) is 4.79 Å². The van der Waals surface area contributed by atoms with Crippen molar-refractivity contribution in [1.29, 1.82) is 0 Å². The zero-order valence-corrected chi connectivity index (χ0v) is 28.4. The fourth-order valence-electron chi connectivity index (χ4n) is 5.75. The van der Waals surface area contributed by atoms with Gasteiger partial charge in [0.05, 0.1) is 20.6 Å². The second-order valence-corrected chi connectivity index (χ2v) is 12.6. The van der Waals surface area contributed by atoms with Crippen LogP contribution in [0.4, 0.5) is 0 Å². The van der Waals surface area contributed by atoms with Crippen molar-refractivity contribution in [2.24, 2.45) is 5.92 Å². The van der Waals surface area contributed by atoms with Gasteiger partial charge in [0.15, 0.2) is 11.5 Å². The molecule has 0 fully saturated rings. The molecule has 0 aliphatic carbocycles. The van der Waals surface area contributed by atoms with Crippen LogP contribution in [0.15, 0.2) is 109 Å². The maximum Gasteiger partial charge on any atom is 0.329 e. The number of carbonyl (C=O) groups is 3. The number of carbonyl (C=O) groups excluding carboxylic acids is 3. The normalized spacial score (nSPS) is 15.6. The fraction of sp³-hybridized carbons (Fsp3) is 0.275. The Morgan fingerprint density at radius 1 is 0.714 bits per heavy atom. The lowest BCUT2D eigenvalue weighted by molar-refractivity contribution is -0.156. The number of benzene rings is 4. The molecule has 1 heterocycles. The number of hydrogen-bond donors (Lipinski definition) is 0. The second-order valence-electron chi connectivity index (χ2n) is 12.6. The third-order valence-electron chi connectivity index (χ3n) is 7.92. The Morgan fingerprint density at radius 3 is 1.84 bits per heavy atom. The van der Waals surface area contributed by atoms with E-state index >= 15 is 0 Å². The summed E-state index contributed by atoms with van der Waals surface area (Å²) >= 11 is 0. The first kappa shape index (κ1) is 34.8. The zero-order valence-electron chi connectivity index (χ0n) is 28.4. The number of esters is 2. The molecule has 1 aliphatic heterocycles. The van der Waals surface area contributed by atoms with E-state index in [0.29, 0.717) is 33.9 Å². The molecule has 49 heavy (non-hydrogen) atoms. The number of ether oxygens (including phenoxy) is 5. The van der Waals surface area contributed by atoms with Crippen molar-refractivity contribution in [3.05, 3.63) is 132 Å². The van der Waals surface area contributed by atoms with E-state index in [1.54, 1.807) is 69.4 Å². The molecule has 1 amide bonds. The van der Waals surface area contributed by atoms with Gasteiger partial charge in [-0.05, 0) is 61.7 Å². The van der Waals surface area contributed by atoms with Crippen LogP contribution in [0.25, 0.3) is 5.57 Å². The standard InChI is InChI=1S/C40H41NO8/c1-40(2,3)49-34(42)23-31-32(24-41(35(31)39(44)46-5)38(43)29-19-13-8-14-20-29)30-21-22-33(47-25-27-15-9-6-10-16-27)37(36(30)45-4)48-26-28-17-11-7-12-18-28/h6-22,24,31,35H,23,25-26H2,1-5H3/t31-,35-/m0/s1. The van der Waals surface area contributed by atoms with Gasteiger partial charge in [-0.15, -0.1) is 0 Å². The average Bonchev–Trinajstić information content (AvgIpc) is 3.47. The van der Waals surface area contributed by atoms with Crippen LogP contribution in [0.5, 0.6) is 17.2 Å². The van der Waals surface area contributed by atoms with Crippen LogP contribution in [0.3, 0.4) is 0 Å². The topological polar surface area (TPSA) is 101 Å². The molecule has 4 aromatic rings. The van der Waals surface area contributed by atoms with Gasteiger partial charge < -0.3 is 23.7 Å². The van der Waals surface area contributed by atoms with Crippen LogP contribution in [0.2, 0.25) is 0 Å². The lowest BCUT2D eigenvalue weighted by atomic mass is 9.86. The van der Waals surface area contributed by atoms with Gasteiger partial charge in [0.1, 0.15) is 24.9 Å². The van der Waals surface area contributed by atoms with Crippen molar-refractivity contribution in [3.63, 3.8) is 0 Å². The summed E-state index contributed by atoms with van der Waals surface area (Å²) in [6.45, 7) is 5.80. The molecular weight excluding hydrogens is 622 g/mol. The highest BCUT2D eigenvalue weighted by Crippen LogP contribution is 2.49. The number of methoxy groups -OCH3 is 2. The van der Waals surface area contributed by atoms with Crippen LogP contribution in [-0.4, -0.2) is 48.6 Å². The van der Waals surface area contributed by atoms with E-state index < -0.39 is 35.4 Å². The Balaban J connectivity index is 1.63.